The van der Waals surface area contributed by atoms with E-state index in [9.17, 15) is 17.6 Å². The molecule has 26 heavy (non-hydrogen) atoms. The Labute approximate surface area is 152 Å². The van der Waals surface area contributed by atoms with Gasteiger partial charge >= 0.3 is 6.03 Å². The van der Waals surface area contributed by atoms with Crippen molar-refractivity contribution in [3.05, 3.63) is 59.4 Å². The van der Waals surface area contributed by atoms with Crippen molar-refractivity contribution in [1.29, 1.82) is 0 Å². The molecular formula is C18H22FN3O3S. The number of benzene rings is 2. The van der Waals surface area contributed by atoms with E-state index in [1.54, 1.807) is 31.2 Å². The van der Waals surface area contributed by atoms with Crippen LogP contribution in [0.25, 0.3) is 0 Å². The van der Waals surface area contributed by atoms with Gasteiger partial charge in [0.1, 0.15) is 5.82 Å². The van der Waals surface area contributed by atoms with E-state index in [1.807, 2.05) is 13.8 Å². The number of hydrogen-bond acceptors (Lipinski definition) is 3. The molecule has 0 bridgehead atoms. The fraction of sp³-hybridized carbons (Fsp3) is 0.278. The highest BCUT2D eigenvalue weighted by Gasteiger charge is 2.16. The molecule has 0 atom stereocenters. The Morgan fingerprint density at radius 3 is 2.35 bits per heavy atom. The minimum absolute atomic E-state index is 0.0265. The summed E-state index contributed by atoms with van der Waals surface area (Å²) >= 11 is 0. The summed E-state index contributed by atoms with van der Waals surface area (Å²) in [5, 5.41) is 5.40. The first-order valence-corrected chi connectivity index (χ1v) is 9.58. The van der Waals surface area contributed by atoms with Crippen molar-refractivity contribution in [2.24, 2.45) is 0 Å². The first kappa shape index (κ1) is 19.9. The molecule has 0 aliphatic carbocycles. The SMILES string of the molecule is Cc1cc(F)ccc1S(=O)(=O)NCc1ccc(NC(=O)NC(C)C)cc1. The van der Waals surface area contributed by atoms with Crippen LogP contribution >= 0.6 is 0 Å². The number of nitrogens with one attached hydrogen (secondary N) is 3. The summed E-state index contributed by atoms with van der Waals surface area (Å²) in [6.45, 7) is 5.34. The number of urea groups is 1. The molecule has 0 aliphatic heterocycles. The van der Waals surface area contributed by atoms with Gasteiger partial charge in [0, 0.05) is 18.3 Å². The van der Waals surface area contributed by atoms with Gasteiger partial charge in [0.05, 0.1) is 4.90 Å². The monoisotopic (exact) mass is 379 g/mol. The van der Waals surface area contributed by atoms with Crippen molar-refractivity contribution in [3.63, 3.8) is 0 Å². The highest BCUT2D eigenvalue weighted by Crippen LogP contribution is 2.17. The van der Waals surface area contributed by atoms with E-state index < -0.39 is 15.8 Å². The molecule has 0 spiro atoms. The number of hydrogen-bond donors (Lipinski definition) is 3. The minimum atomic E-state index is -3.74. The number of halogens is 1. The zero-order chi connectivity index (χ0) is 19.3. The predicted octanol–water partition coefficient (Wildman–Crippen LogP) is 3.14. The van der Waals surface area contributed by atoms with Crippen LogP contribution in [0, 0.1) is 12.7 Å². The molecule has 140 valence electrons. The lowest BCUT2D eigenvalue weighted by molar-refractivity contribution is 0.250. The van der Waals surface area contributed by atoms with Crippen LogP contribution in [0.15, 0.2) is 47.4 Å². The van der Waals surface area contributed by atoms with Crippen LogP contribution < -0.4 is 15.4 Å². The van der Waals surface area contributed by atoms with Gasteiger partial charge in [-0.3, -0.25) is 0 Å². The number of anilines is 1. The highest BCUT2D eigenvalue weighted by atomic mass is 32.2. The van der Waals surface area contributed by atoms with Crippen LogP contribution in [0.5, 0.6) is 0 Å². The summed E-state index contributed by atoms with van der Waals surface area (Å²) in [5.41, 5.74) is 1.67. The quantitative estimate of drug-likeness (QED) is 0.721. The van der Waals surface area contributed by atoms with Crippen LogP contribution in [0.3, 0.4) is 0 Å². The Morgan fingerprint density at radius 2 is 1.77 bits per heavy atom. The lowest BCUT2D eigenvalue weighted by atomic mass is 10.2. The molecule has 2 amide bonds. The summed E-state index contributed by atoms with van der Waals surface area (Å²) in [6, 6.07) is 10.1. The summed E-state index contributed by atoms with van der Waals surface area (Å²) in [5.74, 6) is -0.481. The van der Waals surface area contributed by atoms with Crippen LogP contribution in [0.2, 0.25) is 0 Å². The van der Waals surface area contributed by atoms with Gasteiger partial charge in [0.25, 0.3) is 0 Å². The molecule has 0 unspecified atom stereocenters. The molecule has 8 heteroatoms. The number of rotatable bonds is 6. The van der Waals surface area contributed by atoms with Crippen LogP contribution in [-0.4, -0.2) is 20.5 Å². The van der Waals surface area contributed by atoms with E-state index in [1.165, 1.54) is 12.1 Å². The smallest absolute Gasteiger partial charge is 0.319 e. The van der Waals surface area contributed by atoms with Crippen molar-refractivity contribution < 1.29 is 17.6 Å². The van der Waals surface area contributed by atoms with Gasteiger partial charge in [0.15, 0.2) is 0 Å². The summed E-state index contributed by atoms with van der Waals surface area (Å²) in [7, 11) is -3.74. The second-order valence-electron chi connectivity index (χ2n) is 6.18. The van der Waals surface area contributed by atoms with Crippen LogP contribution in [-0.2, 0) is 16.6 Å². The molecule has 0 fully saturated rings. The van der Waals surface area contributed by atoms with E-state index in [-0.39, 0.29) is 23.5 Å². The van der Waals surface area contributed by atoms with Crippen LogP contribution in [0.1, 0.15) is 25.0 Å². The number of carbonyl (C=O) groups excluding carboxylic acids is 1. The molecule has 2 aromatic carbocycles. The molecular weight excluding hydrogens is 357 g/mol. The van der Waals surface area contributed by atoms with Gasteiger partial charge in [-0.2, -0.15) is 0 Å². The fourth-order valence-electron chi connectivity index (χ4n) is 2.31. The van der Waals surface area contributed by atoms with Crippen molar-refractivity contribution in [1.82, 2.24) is 10.0 Å². The maximum atomic E-state index is 13.1. The van der Waals surface area contributed by atoms with E-state index in [4.69, 9.17) is 0 Å². The first-order valence-electron chi connectivity index (χ1n) is 8.09. The number of sulfonamides is 1. The topological polar surface area (TPSA) is 87.3 Å². The lowest BCUT2D eigenvalue weighted by Gasteiger charge is -2.11. The van der Waals surface area contributed by atoms with Gasteiger partial charge in [-0.05, 0) is 62.2 Å². The molecule has 2 aromatic rings. The van der Waals surface area contributed by atoms with E-state index in [0.29, 0.717) is 11.3 Å². The molecule has 6 nitrogen and oxygen atoms in total. The van der Waals surface area contributed by atoms with Gasteiger partial charge < -0.3 is 10.6 Å². The largest absolute Gasteiger partial charge is 0.336 e. The second-order valence-corrected chi connectivity index (χ2v) is 7.92. The third-order valence-corrected chi connectivity index (χ3v) is 5.09. The van der Waals surface area contributed by atoms with E-state index in [0.717, 1.165) is 11.6 Å². The summed E-state index contributed by atoms with van der Waals surface area (Å²) < 4.78 is 40.3. The molecule has 0 aromatic heterocycles. The fourth-order valence-corrected chi connectivity index (χ4v) is 3.55. The molecule has 0 radical (unpaired) electrons. The Balaban J connectivity index is 2.00. The molecule has 0 saturated heterocycles. The van der Waals surface area contributed by atoms with Crippen molar-refractivity contribution in [3.8, 4) is 0 Å². The standard InChI is InChI=1S/C18H22FN3O3S/c1-12(2)21-18(23)22-16-7-4-14(5-8-16)11-20-26(24,25)17-9-6-15(19)10-13(17)3/h4-10,12,20H,11H2,1-3H3,(H2,21,22,23). The Kier molecular flexibility index (Phi) is 6.33. The van der Waals surface area contributed by atoms with Crippen molar-refractivity contribution >= 4 is 21.7 Å². The minimum Gasteiger partial charge on any atom is -0.336 e. The lowest BCUT2D eigenvalue weighted by Crippen LogP contribution is -2.34. The maximum Gasteiger partial charge on any atom is 0.319 e. The Morgan fingerprint density at radius 1 is 1.12 bits per heavy atom. The molecule has 0 heterocycles. The average Bonchev–Trinajstić information content (AvgIpc) is 2.53. The maximum absolute atomic E-state index is 13.1. The average molecular weight is 379 g/mol. The zero-order valence-corrected chi connectivity index (χ0v) is 15.7. The third-order valence-electron chi connectivity index (χ3n) is 3.52. The number of carbonyl (C=O) groups is 1. The molecule has 3 N–H and O–H groups in total. The molecule has 2 rings (SSSR count). The predicted molar refractivity (Wildman–Crippen MR) is 98.9 cm³/mol. The number of amides is 2. The first-order chi connectivity index (χ1) is 12.2. The van der Waals surface area contributed by atoms with E-state index in [2.05, 4.69) is 15.4 Å². The van der Waals surface area contributed by atoms with Crippen molar-refractivity contribution in [2.45, 2.75) is 38.3 Å². The van der Waals surface area contributed by atoms with Gasteiger partial charge in [0.2, 0.25) is 10.0 Å². The number of aryl methyl sites for hydroxylation is 1. The molecule has 0 saturated carbocycles. The van der Waals surface area contributed by atoms with Gasteiger partial charge in [-0.25, -0.2) is 22.3 Å². The second kappa shape index (κ2) is 8.29. The highest BCUT2D eigenvalue weighted by molar-refractivity contribution is 7.89. The third kappa shape index (κ3) is 5.53. The van der Waals surface area contributed by atoms with Gasteiger partial charge in [-0.15, -0.1) is 0 Å². The van der Waals surface area contributed by atoms with E-state index >= 15 is 0 Å². The summed E-state index contributed by atoms with van der Waals surface area (Å²) in [4.78, 5) is 11.7. The Bertz CT molecular complexity index is 881. The molecule has 0 aliphatic rings. The van der Waals surface area contributed by atoms with Crippen LogP contribution in [0.4, 0.5) is 14.9 Å². The van der Waals surface area contributed by atoms with Crippen molar-refractivity contribution in [2.75, 3.05) is 5.32 Å². The Hall–Kier alpha value is -2.45. The normalized spacial score (nSPS) is 11.4. The summed E-state index contributed by atoms with van der Waals surface area (Å²) in [6.07, 6.45) is 0. The van der Waals surface area contributed by atoms with Gasteiger partial charge in [-0.1, -0.05) is 12.1 Å². The zero-order valence-electron chi connectivity index (χ0n) is 14.8.